The first-order chi connectivity index (χ1) is 9.04. The molecule has 1 aliphatic carbocycles. The minimum absolute atomic E-state index is 0.465. The van der Waals surface area contributed by atoms with Gasteiger partial charge in [0, 0.05) is 0 Å². The quantitative estimate of drug-likeness (QED) is 0.682. The summed E-state index contributed by atoms with van der Waals surface area (Å²) in [5.74, 6) is -0.467. The van der Waals surface area contributed by atoms with Crippen molar-refractivity contribution in [3.05, 3.63) is 59.7 Å². The molecule has 0 radical (unpaired) electrons. The van der Waals surface area contributed by atoms with Gasteiger partial charge < -0.3 is 0 Å². The normalized spacial score (nSPS) is 17.7. The highest BCUT2D eigenvalue weighted by Gasteiger charge is 2.35. The Morgan fingerprint density at radius 1 is 0.895 bits per heavy atom. The molecule has 0 fully saturated rings. The summed E-state index contributed by atoms with van der Waals surface area (Å²) < 4.78 is 38.1. The topological polar surface area (TPSA) is 0 Å². The second-order valence-corrected chi connectivity index (χ2v) is 4.96. The van der Waals surface area contributed by atoms with Crippen LogP contribution in [0, 0.1) is 0 Å². The lowest BCUT2D eigenvalue weighted by atomic mass is 9.77. The second-order valence-electron chi connectivity index (χ2n) is 4.96. The monoisotopic (exact) mass is 262 g/mol. The molecule has 0 amide bonds. The molecule has 0 bridgehead atoms. The fourth-order valence-corrected chi connectivity index (χ4v) is 2.90. The molecule has 1 atom stereocenters. The van der Waals surface area contributed by atoms with Crippen molar-refractivity contribution in [2.24, 2.45) is 0 Å². The van der Waals surface area contributed by atoms with Crippen LogP contribution in [0.2, 0.25) is 0 Å². The standard InChI is InChI=1S/C16H13F3/c17-16(18,19)10-12-9-11-5-1-2-6-13(11)15-8-4-3-7-14(12)15/h1-8,12H,9-10H2/t12-/m0/s1. The molecule has 3 heteroatoms. The Morgan fingerprint density at radius 2 is 1.53 bits per heavy atom. The number of hydrogen-bond acceptors (Lipinski definition) is 0. The first-order valence-electron chi connectivity index (χ1n) is 6.28. The molecule has 2 aromatic rings. The van der Waals surface area contributed by atoms with Crippen LogP contribution in [0.5, 0.6) is 0 Å². The van der Waals surface area contributed by atoms with Gasteiger partial charge in [-0.25, -0.2) is 0 Å². The molecule has 0 saturated heterocycles. The summed E-state index contributed by atoms with van der Waals surface area (Å²) in [7, 11) is 0. The molecule has 2 aromatic carbocycles. The van der Waals surface area contributed by atoms with Gasteiger partial charge in [0.15, 0.2) is 0 Å². The number of halogens is 3. The van der Waals surface area contributed by atoms with Crippen LogP contribution in [0.3, 0.4) is 0 Å². The maximum absolute atomic E-state index is 12.7. The molecule has 0 heterocycles. The van der Waals surface area contributed by atoms with Crippen molar-refractivity contribution in [2.45, 2.75) is 24.9 Å². The van der Waals surface area contributed by atoms with E-state index in [0.29, 0.717) is 6.42 Å². The largest absolute Gasteiger partial charge is 0.389 e. The van der Waals surface area contributed by atoms with E-state index in [1.54, 1.807) is 0 Å². The Hall–Kier alpha value is -1.77. The van der Waals surface area contributed by atoms with E-state index in [1.165, 1.54) is 0 Å². The van der Waals surface area contributed by atoms with Gasteiger partial charge in [-0.15, -0.1) is 0 Å². The SMILES string of the molecule is FC(F)(F)C[C@@H]1Cc2ccccc2-c2ccccc21. The smallest absolute Gasteiger partial charge is 0.171 e. The summed E-state index contributed by atoms with van der Waals surface area (Å²) in [6, 6.07) is 15.2. The summed E-state index contributed by atoms with van der Waals surface area (Å²) in [6.45, 7) is 0. The van der Waals surface area contributed by atoms with Crippen LogP contribution in [0.4, 0.5) is 13.2 Å². The average Bonchev–Trinajstić information content (AvgIpc) is 2.37. The van der Waals surface area contributed by atoms with E-state index >= 15 is 0 Å². The number of alkyl halides is 3. The fourth-order valence-electron chi connectivity index (χ4n) is 2.90. The molecule has 0 unspecified atom stereocenters. The van der Waals surface area contributed by atoms with Crippen molar-refractivity contribution in [2.75, 3.05) is 0 Å². The van der Waals surface area contributed by atoms with E-state index in [2.05, 4.69) is 0 Å². The van der Waals surface area contributed by atoms with Crippen molar-refractivity contribution in [3.8, 4) is 11.1 Å². The van der Waals surface area contributed by atoms with Gasteiger partial charge in [0.2, 0.25) is 0 Å². The van der Waals surface area contributed by atoms with E-state index in [1.807, 2.05) is 48.5 Å². The van der Waals surface area contributed by atoms with Crippen LogP contribution >= 0.6 is 0 Å². The summed E-state index contributed by atoms with van der Waals surface area (Å²) in [5, 5.41) is 0. The molecule has 0 N–H and O–H groups in total. The van der Waals surface area contributed by atoms with Gasteiger partial charge in [-0.3, -0.25) is 0 Å². The molecule has 0 saturated carbocycles. The molecular weight excluding hydrogens is 249 g/mol. The van der Waals surface area contributed by atoms with E-state index in [9.17, 15) is 13.2 Å². The minimum Gasteiger partial charge on any atom is -0.171 e. The second kappa shape index (κ2) is 4.41. The third-order valence-electron chi connectivity index (χ3n) is 3.65. The van der Waals surface area contributed by atoms with E-state index in [4.69, 9.17) is 0 Å². The van der Waals surface area contributed by atoms with Crippen molar-refractivity contribution >= 4 is 0 Å². The highest BCUT2D eigenvalue weighted by molar-refractivity contribution is 5.73. The molecule has 0 aromatic heterocycles. The molecule has 0 aliphatic heterocycles. The third-order valence-corrected chi connectivity index (χ3v) is 3.65. The van der Waals surface area contributed by atoms with Gasteiger partial charge in [0.25, 0.3) is 0 Å². The van der Waals surface area contributed by atoms with Crippen LogP contribution in [0.1, 0.15) is 23.5 Å². The molecule has 1 aliphatic rings. The van der Waals surface area contributed by atoms with E-state index in [0.717, 1.165) is 22.3 Å². The number of fused-ring (bicyclic) bond motifs is 3. The molecule has 3 rings (SSSR count). The van der Waals surface area contributed by atoms with E-state index < -0.39 is 18.5 Å². The predicted octanol–water partition coefficient (Wildman–Crippen LogP) is 4.95. The summed E-state index contributed by atoms with van der Waals surface area (Å²) in [4.78, 5) is 0. The van der Waals surface area contributed by atoms with Gasteiger partial charge in [-0.1, -0.05) is 48.5 Å². The van der Waals surface area contributed by atoms with Crippen molar-refractivity contribution in [1.29, 1.82) is 0 Å². The summed E-state index contributed by atoms with van der Waals surface area (Å²) in [6.07, 6.45) is -4.41. The third kappa shape index (κ3) is 2.37. The van der Waals surface area contributed by atoms with Crippen LogP contribution in [-0.4, -0.2) is 6.18 Å². The van der Waals surface area contributed by atoms with Crippen LogP contribution in [0.15, 0.2) is 48.5 Å². The highest BCUT2D eigenvalue weighted by atomic mass is 19.4. The zero-order chi connectivity index (χ0) is 13.5. The molecule has 98 valence electrons. The van der Waals surface area contributed by atoms with Crippen molar-refractivity contribution in [1.82, 2.24) is 0 Å². The fraction of sp³-hybridized carbons (Fsp3) is 0.250. The average molecular weight is 262 g/mol. The Morgan fingerprint density at radius 3 is 2.26 bits per heavy atom. The number of benzene rings is 2. The summed E-state index contributed by atoms with van der Waals surface area (Å²) in [5.41, 5.74) is 3.84. The summed E-state index contributed by atoms with van der Waals surface area (Å²) >= 11 is 0. The van der Waals surface area contributed by atoms with Gasteiger partial charge in [-0.05, 0) is 34.6 Å². The van der Waals surface area contributed by atoms with Crippen molar-refractivity contribution in [3.63, 3.8) is 0 Å². The van der Waals surface area contributed by atoms with Gasteiger partial charge in [0.1, 0.15) is 0 Å². The first-order valence-corrected chi connectivity index (χ1v) is 6.28. The zero-order valence-electron chi connectivity index (χ0n) is 10.2. The van der Waals surface area contributed by atoms with Crippen LogP contribution in [-0.2, 0) is 6.42 Å². The Bertz CT molecular complexity index is 599. The minimum atomic E-state index is -4.12. The van der Waals surface area contributed by atoms with E-state index in [-0.39, 0.29) is 0 Å². The maximum Gasteiger partial charge on any atom is 0.389 e. The lowest BCUT2D eigenvalue weighted by Gasteiger charge is -2.28. The number of rotatable bonds is 1. The molecule has 0 spiro atoms. The lowest BCUT2D eigenvalue weighted by molar-refractivity contribution is -0.138. The lowest BCUT2D eigenvalue weighted by Crippen LogP contribution is -2.19. The van der Waals surface area contributed by atoms with Gasteiger partial charge >= 0.3 is 6.18 Å². The Kier molecular flexibility index (Phi) is 2.85. The maximum atomic E-state index is 12.7. The van der Waals surface area contributed by atoms with Crippen LogP contribution < -0.4 is 0 Å². The molecule has 19 heavy (non-hydrogen) atoms. The number of hydrogen-bond donors (Lipinski definition) is 0. The van der Waals surface area contributed by atoms with Gasteiger partial charge in [-0.2, -0.15) is 13.2 Å². The first kappa shape index (κ1) is 12.3. The van der Waals surface area contributed by atoms with Crippen molar-refractivity contribution < 1.29 is 13.2 Å². The Labute approximate surface area is 109 Å². The molecule has 0 nitrogen and oxygen atoms in total. The van der Waals surface area contributed by atoms with Gasteiger partial charge in [0.05, 0.1) is 6.42 Å². The zero-order valence-corrected chi connectivity index (χ0v) is 10.2. The highest BCUT2D eigenvalue weighted by Crippen LogP contribution is 2.43. The molecular formula is C16H13F3. The van der Waals surface area contributed by atoms with Crippen LogP contribution in [0.25, 0.3) is 11.1 Å². The Balaban J connectivity index is 2.09. The predicted molar refractivity (Wildman–Crippen MR) is 69.0 cm³/mol.